The first-order valence-electron chi connectivity index (χ1n) is 5.69. The van der Waals surface area contributed by atoms with E-state index >= 15 is 0 Å². The summed E-state index contributed by atoms with van der Waals surface area (Å²) in [7, 11) is -4.26. The van der Waals surface area contributed by atoms with Crippen molar-refractivity contribution >= 4 is 24.7 Å². The van der Waals surface area contributed by atoms with Gasteiger partial charge in [0.05, 0.1) is 18.6 Å². The van der Waals surface area contributed by atoms with Gasteiger partial charge in [0.1, 0.15) is 0 Å². The number of H-pyrrole nitrogens is 1. The first kappa shape index (κ1) is 14.7. The summed E-state index contributed by atoms with van der Waals surface area (Å²) in [5.74, 6) is -0.0555. The van der Waals surface area contributed by atoms with Crippen LogP contribution in [0.2, 0.25) is 0 Å². The number of fused-ring (bicyclic) bond motifs is 1. The number of aromatic nitrogens is 4. The highest BCUT2D eigenvalue weighted by molar-refractivity contribution is 7.51. The Balaban J connectivity index is 2.15. The second-order valence-electron chi connectivity index (χ2n) is 4.35. The molecule has 0 saturated carbocycles. The first-order valence-corrected chi connectivity index (χ1v) is 7.49. The molecule has 0 fully saturated rings. The molecule has 0 spiro atoms. The second kappa shape index (κ2) is 5.33. The maximum Gasteiger partial charge on any atom is 0.328 e. The minimum absolute atomic E-state index is 0.0555. The zero-order chi connectivity index (χ0) is 14.9. The number of nitrogens with two attached hydrogens (primary N) is 1. The van der Waals surface area contributed by atoms with Crippen LogP contribution >= 0.6 is 7.60 Å². The van der Waals surface area contributed by atoms with Gasteiger partial charge in [-0.2, -0.15) is 4.98 Å². The van der Waals surface area contributed by atoms with Gasteiger partial charge in [-0.3, -0.25) is 14.3 Å². The van der Waals surface area contributed by atoms with Crippen molar-refractivity contribution in [2.45, 2.75) is 19.1 Å². The van der Waals surface area contributed by atoms with Gasteiger partial charge in [-0.05, 0) is 6.42 Å². The number of imidazole rings is 1. The van der Waals surface area contributed by atoms with Crippen molar-refractivity contribution in [2.75, 3.05) is 11.9 Å². The molecule has 0 bridgehead atoms. The van der Waals surface area contributed by atoms with E-state index in [1.807, 2.05) is 0 Å². The summed E-state index contributed by atoms with van der Waals surface area (Å²) in [4.78, 5) is 39.1. The number of nitrogen functional groups attached to an aromatic ring is 1. The molecule has 10 nitrogen and oxygen atoms in total. The van der Waals surface area contributed by atoms with Crippen LogP contribution in [-0.4, -0.2) is 46.7 Å². The number of aryl methyl sites for hydroxylation is 1. The molecule has 0 amide bonds. The number of nitrogens with one attached hydrogen (secondary N) is 1. The molecule has 6 N–H and O–H groups in total. The Bertz CT molecular complexity index is 719. The molecule has 11 heteroatoms. The van der Waals surface area contributed by atoms with Crippen LogP contribution in [0.1, 0.15) is 6.42 Å². The first-order chi connectivity index (χ1) is 9.26. The molecular weight excluding hydrogens is 289 g/mol. The Labute approximate surface area is 112 Å². The quantitative estimate of drug-likeness (QED) is 0.421. The summed E-state index contributed by atoms with van der Waals surface area (Å²) in [6.45, 7) is 0.202. The minimum Gasteiger partial charge on any atom is -0.392 e. The molecule has 20 heavy (non-hydrogen) atoms. The molecule has 0 saturated heterocycles. The average molecular weight is 303 g/mol. The van der Waals surface area contributed by atoms with Crippen molar-refractivity contribution in [3.8, 4) is 0 Å². The molecule has 0 aromatic carbocycles. The van der Waals surface area contributed by atoms with E-state index in [2.05, 4.69) is 15.0 Å². The molecule has 2 rings (SSSR count). The van der Waals surface area contributed by atoms with Gasteiger partial charge in [-0.15, -0.1) is 0 Å². The Morgan fingerprint density at radius 3 is 2.85 bits per heavy atom. The lowest BCUT2D eigenvalue weighted by Gasteiger charge is -2.11. The normalized spacial score (nSPS) is 13.8. The summed E-state index contributed by atoms with van der Waals surface area (Å²) >= 11 is 0. The lowest BCUT2D eigenvalue weighted by molar-refractivity contribution is 0.173. The van der Waals surface area contributed by atoms with Gasteiger partial charge in [0.15, 0.2) is 11.2 Å². The van der Waals surface area contributed by atoms with E-state index in [0.29, 0.717) is 0 Å². The van der Waals surface area contributed by atoms with Crippen LogP contribution in [0.25, 0.3) is 11.2 Å². The predicted octanol–water partition coefficient (Wildman–Crippen LogP) is -1.37. The molecule has 110 valence electrons. The van der Waals surface area contributed by atoms with E-state index in [4.69, 9.17) is 15.5 Å². The highest BCUT2D eigenvalue weighted by atomic mass is 31.2. The van der Waals surface area contributed by atoms with Gasteiger partial charge >= 0.3 is 7.60 Å². The molecule has 0 aliphatic heterocycles. The maximum absolute atomic E-state index is 11.5. The summed E-state index contributed by atoms with van der Waals surface area (Å²) in [6.07, 6.45) is -0.329. The number of anilines is 1. The van der Waals surface area contributed by atoms with Crippen LogP contribution in [0.4, 0.5) is 5.95 Å². The van der Waals surface area contributed by atoms with Crippen LogP contribution < -0.4 is 11.3 Å². The van der Waals surface area contributed by atoms with E-state index in [1.165, 1.54) is 10.9 Å². The summed E-state index contributed by atoms with van der Waals surface area (Å²) in [6, 6.07) is 0. The summed E-state index contributed by atoms with van der Waals surface area (Å²) in [5, 5.41) is 9.53. The Morgan fingerprint density at radius 2 is 2.20 bits per heavy atom. The third kappa shape index (κ3) is 3.42. The van der Waals surface area contributed by atoms with E-state index in [9.17, 15) is 14.5 Å². The van der Waals surface area contributed by atoms with Crippen molar-refractivity contribution in [1.29, 1.82) is 0 Å². The van der Waals surface area contributed by atoms with Gasteiger partial charge < -0.3 is 25.2 Å². The zero-order valence-electron chi connectivity index (χ0n) is 10.3. The predicted molar refractivity (Wildman–Crippen MR) is 70.1 cm³/mol. The second-order valence-corrected chi connectivity index (χ2v) is 6.05. The highest BCUT2D eigenvalue weighted by Crippen LogP contribution is 2.35. The Morgan fingerprint density at radius 1 is 1.50 bits per heavy atom. The van der Waals surface area contributed by atoms with Crippen LogP contribution in [0.15, 0.2) is 11.1 Å². The third-order valence-electron chi connectivity index (χ3n) is 2.64. The smallest absolute Gasteiger partial charge is 0.328 e. The highest BCUT2D eigenvalue weighted by Gasteiger charge is 2.20. The molecule has 1 atom stereocenters. The van der Waals surface area contributed by atoms with E-state index in [0.717, 1.165) is 0 Å². The lowest BCUT2D eigenvalue weighted by Crippen LogP contribution is -2.16. The number of nitrogens with zero attached hydrogens (tertiary/aromatic N) is 3. The van der Waals surface area contributed by atoms with Crippen molar-refractivity contribution in [3.05, 3.63) is 16.7 Å². The maximum atomic E-state index is 11.5. The van der Waals surface area contributed by atoms with Crippen LogP contribution in [0.3, 0.4) is 0 Å². The number of rotatable bonds is 5. The zero-order valence-corrected chi connectivity index (χ0v) is 11.2. The molecule has 0 aliphatic rings. The van der Waals surface area contributed by atoms with Gasteiger partial charge in [0, 0.05) is 6.54 Å². The largest absolute Gasteiger partial charge is 0.392 e. The lowest BCUT2D eigenvalue weighted by atomic mass is 10.3. The van der Waals surface area contributed by atoms with E-state index in [-0.39, 0.29) is 30.1 Å². The molecule has 2 heterocycles. The van der Waals surface area contributed by atoms with Gasteiger partial charge in [0.2, 0.25) is 5.95 Å². The average Bonchev–Trinajstić information content (AvgIpc) is 2.67. The van der Waals surface area contributed by atoms with E-state index < -0.39 is 25.4 Å². The number of aliphatic hydroxyl groups is 1. The Kier molecular flexibility index (Phi) is 3.91. The summed E-state index contributed by atoms with van der Waals surface area (Å²) < 4.78 is 12.2. The van der Waals surface area contributed by atoms with Crippen molar-refractivity contribution in [3.63, 3.8) is 0 Å². The van der Waals surface area contributed by atoms with Crippen LogP contribution in [0, 0.1) is 0 Å². The van der Waals surface area contributed by atoms with E-state index in [1.54, 1.807) is 0 Å². The third-order valence-corrected chi connectivity index (χ3v) is 3.54. The van der Waals surface area contributed by atoms with Crippen molar-refractivity contribution in [2.24, 2.45) is 0 Å². The topological polar surface area (TPSA) is 167 Å². The van der Waals surface area contributed by atoms with Crippen LogP contribution in [0.5, 0.6) is 0 Å². The monoisotopic (exact) mass is 303 g/mol. The number of hydrogen-bond donors (Lipinski definition) is 5. The molecule has 0 radical (unpaired) electrons. The van der Waals surface area contributed by atoms with Crippen molar-refractivity contribution < 1.29 is 19.5 Å². The minimum atomic E-state index is -4.26. The SMILES string of the molecule is Nc1nc2c(ncn2CC[C@@H](O)CP(=O)(O)O)c(=O)[nH]1. The molecule has 0 unspecified atom stereocenters. The molecule has 0 aliphatic carbocycles. The van der Waals surface area contributed by atoms with Crippen molar-refractivity contribution in [1.82, 2.24) is 19.5 Å². The molecule has 2 aromatic rings. The molecular formula is C9H14N5O5P. The fourth-order valence-corrected chi connectivity index (χ4v) is 2.52. The van der Waals surface area contributed by atoms with Gasteiger partial charge in [-0.25, -0.2) is 4.98 Å². The summed E-state index contributed by atoms with van der Waals surface area (Å²) in [5.41, 5.74) is 5.33. The van der Waals surface area contributed by atoms with Gasteiger partial charge in [0.25, 0.3) is 5.56 Å². The fraction of sp³-hybridized carbons (Fsp3) is 0.444. The molecule has 2 aromatic heterocycles. The fourth-order valence-electron chi connectivity index (χ4n) is 1.79. The number of aromatic amines is 1. The Hall–Kier alpha value is -1.74. The van der Waals surface area contributed by atoms with Crippen LogP contribution in [-0.2, 0) is 11.1 Å². The number of aliphatic hydroxyl groups excluding tert-OH is 1. The number of hydrogen-bond acceptors (Lipinski definition) is 6. The van der Waals surface area contributed by atoms with Gasteiger partial charge in [-0.1, -0.05) is 0 Å². The standard InChI is InChI=1S/C9H14N5O5P/c10-9-12-7-6(8(16)13-9)11-4-14(7)2-1-5(15)3-20(17,18)19/h4-5,15H,1-3H2,(H2,17,18,19)(H3,10,12,13,16)/t5-/m1/s1.